The largest absolute Gasteiger partial charge is 0.324 e. The Hall–Kier alpha value is -2.08. The van der Waals surface area contributed by atoms with E-state index in [1.807, 2.05) is 18.2 Å². The molecular weight excluding hydrogens is 401 g/mol. The van der Waals surface area contributed by atoms with Crippen LogP contribution in [0, 0.1) is 13.8 Å². The number of amides is 1. The Morgan fingerprint density at radius 3 is 2.52 bits per heavy atom. The van der Waals surface area contributed by atoms with Gasteiger partial charge in [0.1, 0.15) is 5.03 Å². The Bertz CT molecular complexity index is 977. The molecule has 0 aliphatic heterocycles. The summed E-state index contributed by atoms with van der Waals surface area (Å²) in [4.78, 5) is 12.1. The minimum atomic E-state index is -0.191. The number of halogens is 2. The van der Waals surface area contributed by atoms with E-state index in [1.54, 1.807) is 18.2 Å². The second kappa shape index (κ2) is 8.74. The molecule has 3 rings (SSSR count). The molecule has 1 aromatic heterocycles. The van der Waals surface area contributed by atoms with Gasteiger partial charge in [0.05, 0.1) is 22.2 Å². The first-order chi connectivity index (χ1) is 12.9. The van der Waals surface area contributed by atoms with Gasteiger partial charge in [-0.25, -0.2) is 0 Å². The van der Waals surface area contributed by atoms with E-state index in [4.69, 9.17) is 23.2 Å². The summed E-state index contributed by atoms with van der Waals surface area (Å²) in [7, 11) is 0. The van der Waals surface area contributed by atoms with E-state index in [1.165, 1.54) is 22.9 Å². The van der Waals surface area contributed by atoms with Crippen LogP contribution in [0.3, 0.4) is 0 Å². The van der Waals surface area contributed by atoms with Crippen LogP contribution < -0.4 is 5.32 Å². The Morgan fingerprint density at radius 2 is 1.81 bits per heavy atom. The highest BCUT2D eigenvalue weighted by atomic mass is 35.5. The molecule has 0 aliphatic carbocycles. The monoisotopic (exact) mass is 417 g/mol. The first kappa shape index (κ1) is 19.7. The van der Waals surface area contributed by atoms with Crippen LogP contribution in [0.15, 0.2) is 53.6 Å². The Balaban J connectivity index is 1.60. The van der Waals surface area contributed by atoms with Crippen molar-refractivity contribution in [3.8, 4) is 11.3 Å². The van der Waals surface area contributed by atoms with Crippen molar-refractivity contribution in [1.82, 2.24) is 10.2 Å². The number of aryl methyl sites for hydroxylation is 2. The number of hydrogen-bond donors (Lipinski definition) is 1. The molecule has 0 bridgehead atoms. The lowest BCUT2D eigenvalue weighted by Crippen LogP contribution is -2.14. The highest BCUT2D eigenvalue weighted by molar-refractivity contribution is 7.99. The number of hydrogen-bond acceptors (Lipinski definition) is 4. The second-order valence-corrected chi connectivity index (χ2v) is 7.86. The van der Waals surface area contributed by atoms with Crippen LogP contribution in [-0.4, -0.2) is 21.9 Å². The van der Waals surface area contributed by atoms with Crippen LogP contribution in [-0.2, 0) is 4.79 Å². The van der Waals surface area contributed by atoms with Crippen molar-refractivity contribution in [2.24, 2.45) is 0 Å². The molecule has 2 aromatic carbocycles. The minimum Gasteiger partial charge on any atom is -0.324 e. The SMILES string of the molecule is Cc1ccc(-c2ccc(SCC(=O)Nc3cc(Cl)ccc3Cl)nn2)cc1C. The standard InChI is InChI=1S/C20H17Cl2N3OS/c1-12-3-4-14(9-13(12)2)17-7-8-20(25-24-17)27-11-19(26)23-18-10-15(21)5-6-16(18)22/h3-10H,11H2,1-2H3,(H,23,26). The highest BCUT2D eigenvalue weighted by Crippen LogP contribution is 2.26. The van der Waals surface area contributed by atoms with E-state index >= 15 is 0 Å². The van der Waals surface area contributed by atoms with Crippen LogP contribution in [0.4, 0.5) is 5.69 Å². The molecule has 1 heterocycles. The predicted octanol–water partition coefficient (Wildman–Crippen LogP) is 5.80. The molecule has 0 atom stereocenters. The zero-order chi connectivity index (χ0) is 19.4. The molecule has 138 valence electrons. The fourth-order valence-corrected chi connectivity index (χ4v) is 3.32. The van der Waals surface area contributed by atoms with Gasteiger partial charge in [0, 0.05) is 10.6 Å². The number of rotatable bonds is 5. The third kappa shape index (κ3) is 5.22. The lowest BCUT2D eigenvalue weighted by molar-refractivity contribution is -0.113. The number of carbonyl (C=O) groups is 1. The average molecular weight is 418 g/mol. The summed E-state index contributed by atoms with van der Waals surface area (Å²) in [5.74, 6) is 0.00440. The number of thioether (sulfide) groups is 1. The van der Waals surface area contributed by atoms with Crippen molar-refractivity contribution >= 4 is 46.6 Å². The molecule has 0 aliphatic rings. The van der Waals surface area contributed by atoms with Crippen molar-refractivity contribution in [1.29, 1.82) is 0 Å². The molecule has 0 saturated carbocycles. The van der Waals surface area contributed by atoms with Gasteiger partial charge in [0.2, 0.25) is 5.91 Å². The van der Waals surface area contributed by atoms with Crippen LogP contribution >= 0.6 is 35.0 Å². The summed E-state index contributed by atoms with van der Waals surface area (Å²) in [5.41, 5.74) is 4.77. The van der Waals surface area contributed by atoms with Gasteiger partial charge in [0.15, 0.2) is 0 Å². The molecule has 0 radical (unpaired) electrons. The number of anilines is 1. The summed E-state index contributed by atoms with van der Waals surface area (Å²) in [6, 6.07) is 14.9. The highest BCUT2D eigenvalue weighted by Gasteiger charge is 2.09. The smallest absolute Gasteiger partial charge is 0.234 e. The van der Waals surface area contributed by atoms with Crippen LogP contribution in [0.1, 0.15) is 11.1 Å². The van der Waals surface area contributed by atoms with Crippen LogP contribution in [0.2, 0.25) is 10.0 Å². The maximum atomic E-state index is 12.1. The number of aromatic nitrogens is 2. The van der Waals surface area contributed by atoms with E-state index in [9.17, 15) is 4.79 Å². The van der Waals surface area contributed by atoms with Crippen LogP contribution in [0.5, 0.6) is 0 Å². The molecule has 0 unspecified atom stereocenters. The lowest BCUT2D eigenvalue weighted by atomic mass is 10.0. The van der Waals surface area contributed by atoms with Gasteiger partial charge in [-0.05, 0) is 61.4 Å². The van der Waals surface area contributed by atoms with Crippen molar-refractivity contribution < 1.29 is 4.79 Å². The third-order valence-electron chi connectivity index (χ3n) is 4.00. The van der Waals surface area contributed by atoms with Gasteiger partial charge in [0.25, 0.3) is 0 Å². The molecule has 4 nitrogen and oxygen atoms in total. The zero-order valence-electron chi connectivity index (χ0n) is 14.8. The number of benzene rings is 2. The molecule has 27 heavy (non-hydrogen) atoms. The third-order valence-corrected chi connectivity index (χ3v) is 5.48. The zero-order valence-corrected chi connectivity index (χ0v) is 17.1. The Labute approximate surface area is 172 Å². The van der Waals surface area contributed by atoms with Gasteiger partial charge in [-0.15, -0.1) is 10.2 Å². The molecule has 0 saturated heterocycles. The van der Waals surface area contributed by atoms with Crippen molar-refractivity contribution in [3.05, 3.63) is 69.7 Å². The van der Waals surface area contributed by atoms with Crippen molar-refractivity contribution in [3.63, 3.8) is 0 Å². The van der Waals surface area contributed by atoms with E-state index in [2.05, 4.69) is 41.5 Å². The summed E-state index contributed by atoms with van der Waals surface area (Å²) in [6.07, 6.45) is 0. The minimum absolute atomic E-state index is 0.191. The Morgan fingerprint density at radius 1 is 1.00 bits per heavy atom. The number of carbonyl (C=O) groups excluding carboxylic acids is 1. The molecule has 7 heteroatoms. The average Bonchev–Trinajstić information content (AvgIpc) is 2.66. The maximum absolute atomic E-state index is 12.1. The predicted molar refractivity (Wildman–Crippen MR) is 113 cm³/mol. The molecule has 0 spiro atoms. The van der Waals surface area contributed by atoms with Gasteiger partial charge in [-0.1, -0.05) is 47.1 Å². The molecule has 1 N–H and O–H groups in total. The maximum Gasteiger partial charge on any atom is 0.234 e. The van der Waals surface area contributed by atoms with Gasteiger partial charge >= 0.3 is 0 Å². The summed E-state index contributed by atoms with van der Waals surface area (Å²) in [5, 5.41) is 12.8. The fraction of sp³-hybridized carbons (Fsp3) is 0.150. The number of nitrogens with one attached hydrogen (secondary N) is 1. The number of nitrogens with zero attached hydrogens (tertiary/aromatic N) is 2. The topological polar surface area (TPSA) is 54.9 Å². The normalized spacial score (nSPS) is 10.7. The molecular formula is C20H17Cl2N3OS. The summed E-state index contributed by atoms with van der Waals surface area (Å²) >= 11 is 13.3. The van der Waals surface area contributed by atoms with E-state index in [0.29, 0.717) is 20.8 Å². The second-order valence-electron chi connectivity index (χ2n) is 6.02. The van der Waals surface area contributed by atoms with E-state index in [-0.39, 0.29) is 11.7 Å². The van der Waals surface area contributed by atoms with Gasteiger partial charge in [-0.3, -0.25) is 4.79 Å². The van der Waals surface area contributed by atoms with Crippen LogP contribution in [0.25, 0.3) is 11.3 Å². The van der Waals surface area contributed by atoms with Gasteiger partial charge in [-0.2, -0.15) is 0 Å². The quantitative estimate of drug-likeness (QED) is 0.533. The van der Waals surface area contributed by atoms with E-state index < -0.39 is 0 Å². The first-order valence-corrected chi connectivity index (χ1v) is 9.95. The van der Waals surface area contributed by atoms with E-state index in [0.717, 1.165) is 11.3 Å². The molecule has 0 fully saturated rings. The molecule has 3 aromatic rings. The first-order valence-electron chi connectivity index (χ1n) is 8.21. The van der Waals surface area contributed by atoms with Gasteiger partial charge < -0.3 is 5.32 Å². The summed E-state index contributed by atoms with van der Waals surface area (Å²) in [6.45, 7) is 4.15. The van der Waals surface area contributed by atoms with Crippen molar-refractivity contribution in [2.75, 3.05) is 11.1 Å². The lowest BCUT2D eigenvalue weighted by Gasteiger charge is -2.08. The Kier molecular flexibility index (Phi) is 6.37. The molecule has 1 amide bonds. The fourth-order valence-electron chi connectivity index (χ4n) is 2.37. The summed E-state index contributed by atoms with van der Waals surface area (Å²) < 4.78 is 0. The van der Waals surface area contributed by atoms with Crippen molar-refractivity contribution in [2.45, 2.75) is 18.9 Å².